The normalized spacial score (nSPS) is 30.9. The van der Waals surface area contributed by atoms with Gasteiger partial charge in [0.05, 0.1) is 5.41 Å². The summed E-state index contributed by atoms with van der Waals surface area (Å²) in [6, 6.07) is 5.77. The highest BCUT2D eigenvalue weighted by molar-refractivity contribution is 5.83. The van der Waals surface area contributed by atoms with Gasteiger partial charge in [0, 0.05) is 23.7 Å². The van der Waals surface area contributed by atoms with Crippen LogP contribution in [0.25, 0.3) is 0 Å². The summed E-state index contributed by atoms with van der Waals surface area (Å²) < 4.78 is 5.84. The van der Waals surface area contributed by atoms with E-state index in [-0.39, 0.29) is 11.5 Å². The lowest BCUT2D eigenvalue weighted by atomic mass is 9.78. The Morgan fingerprint density at radius 2 is 2.33 bits per heavy atom. The van der Waals surface area contributed by atoms with Crippen molar-refractivity contribution >= 4 is 11.9 Å². The molecule has 0 amide bonds. The van der Waals surface area contributed by atoms with Crippen molar-refractivity contribution in [3.8, 4) is 5.75 Å². The van der Waals surface area contributed by atoms with E-state index in [4.69, 9.17) is 10.5 Å². The zero-order valence-corrected chi connectivity index (χ0v) is 8.47. The first-order chi connectivity index (χ1) is 7.22. The third-order valence-electron chi connectivity index (χ3n) is 3.13. The van der Waals surface area contributed by atoms with Crippen LogP contribution in [0.5, 0.6) is 5.75 Å². The average molecular weight is 200 g/mol. The summed E-state index contributed by atoms with van der Waals surface area (Å²) in [4.78, 5) is 4.19. The zero-order chi connectivity index (χ0) is 10.5. The Labute approximate surface area is 88.3 Å². The molecule has 2 aliphatic rings. The lowest BCUT2D eigenvalue weighted by molar-refractivity contribution is 0.239. The Morgan fingerprint density at radius 1 is 1.47 bits per heavy atom. The highest BCUT2D eigenvalue weighted by Crippen LogP contribution is 2.46. The summed E-state index contributed by atoms with van der Waals surface area (Å²) in [6.07, 6.45) is 5.68. The minimum atomic E-state index is -0.213. The van der Waals surface area contributed by atoms with Gasteiger partial charge < -0.3 is 10.5 Å². The number of hydrogen-bond acceptors (Lipinski definition) is 3. The molecule has 2 heterocycles. The van der Waals surface area contributed by atoms with Gasteiger partial charge in [-0.1, -0.05) is 6.07 Å². The largest absolute Gasteiger partial charge is 0.485 e. The first kappa shape index (κ1) is 8.53. The van der Waals surface area contributed by atoms with E-state index in [0.29, 0.717) is 0 Å². The van der Waals surface area contributed by atoms with Gasteiger partial charge in [-0.25, -0.2) is 0 Å². The SMILES string of the molecule is CC12C=NC=CC1Oc1cccc(N)c12. The quantitative estimate of drug-likeness (QED) is 0.650. The third-order valence-corrected chi connectivity index (χ3v) is 3.13. The fraction of sp³-hybridized carbons (Fsp3) is 0.250. The lowest BCUT2D eigenvalue weighted by Gasteiger charge is -2.26. The summed E-state index contributed by atoms with van der Waals surface area (Å²) in [6.45, 7) is 2.10. The molecule has 76 valence electrons. The van der Waals surface area contributed by atoms with Gasteiger partial charge in [0.1, 0.15) is 11.9 Å². The molecule has 0 radical (unpaired) electrons. The van der Waals surface area contributed by atoms with Crippen molar-refractivity contribution in [1.82, 2.24) is 0 Å². The van der Waals surface area contributed by atoms with Gasteiger partial charge in [-0.05, 0) is 25.1 Å². The number of benzene rings is 1. The third kappa shape index (κ3) is 0.975. The highest BCUT2D eigenvalue weighted by atomic mass is 16.5. The number of fused-ring (bicyclic) bond motifs is 3. The fourth-order valence-electron chi connectivity index (χ4n) is 2.33. The molecular formula is C12H12N2O. The van der Waals surface area contributed by atoms with Gasteiger partial charge in [0.25, 0.3) is 0 Å². The van der Waals surface area contributed by atoms with Gasteiger partial charge in [0.2, 0.25) is 0 Å². The van der Waals surface area contributed by atoms with Crippen molar-refractivity contribution in [1.29, 1.82) is 0 Å². The molecule has 0 aliphatic carbocycles. The van der Waals surface area contributed by atoms with Crippen molar-refractivity contribution < 1.29 is 4.74 Å². The Morgan fingerprint density at radius 3 is 3.20 bits per heavy atom. The van der Waals surface area contributed by atoms with Crippen molar-refractivity contribution in [2.24, 2.45) is 4.99 Å². The molecule has 3 nitrogen and oxygen atoms in total. The summed E-state index contributed by atoms with van der Waals surface area (Å²) in [5.74, 6) is 0.875. The number of ether oxygens (including phenoxy) is 1. The van der Waals surface area contributed by atoms with E-state index in [0.717, 1.165) is 17.0 Å². The smallest absolute Gasteiger partial charge is 0.133 e. The molecule has 0 saturated heterocycles. The molecule has 2 atom stereocenters. The van der Waals surface area contributed by atoms with Crippen LogP contribution in [0.3, 0.4) is 0 Å². The lowest BCUT2D eigenvalue weighted by Crippen LogP contribution is -2.37. The Bertz CT molecular complexity index is 479. The van der Waals surface area contributed by atoms with Gasteiger partial charge in [-0.15, -0.1) is 0 Å². The molecule has 1 aromatic rings. The molecule has 3 heteroatoms. The zero-order valence-electron chi connectivity index (χ0n) is 8.47. The van der Waals surface area contributed by atoms with E-state index < -0.39 is 0 Å². The van der Waals surface area contributed by atoms with Crippen LogP contribution in [0.15, 0.2) is 35.5 Å². The van der Waals surface area contributed by atoms with Crippen LogP contribution in [0.2, 0.25) is 0 Å². The first-order valence-electron chi connectivity index (χ1n) is 4.98. The van der Waals surface area contributed by atoms with E-state index in [1.165, 1.54) is 0 Å². The number of nitrogen functional groups attached to an aromatic ring is 1. The summed E-state index contributed by atoms with van der Waals surface area (Å²) in [7, 11) is 0. The minimum absolute atomic E-state index is 0.0229. The van der Waals surface area contributed by atoms with Crippen molar-refractivity contribution in [3.63, 3.8) is 0 Å². The molecular weight excluding hydrogens is 188 g/mol. The number of nitrogens with two attached hydrogens (primary N) is 1. The van der Waals surface area contributed by atoms with Crippen LogP contribution >= 0.6 is 0 Å². The van der Waals surface area contributed by atoms with E-state index in [9.17, 15) is 0 Å². The molecule has 0 bridgehead atoms. The highest BCUT2D eigenvalue weighted by Gasteiger charge is 2.45. The number of anilines is 1. The summed E-state index contributed by atoms with van der Waals surface area (Å²) in [5.41, 5.74) is 7.62. The van der Waals surface area contributed by atoms with Crippen molar-refractivity contribution in [2.45, 2.75) is 18.4 Å². The second kappa shape index (κ2) is 2.63. The van der Waals surface area contributed by atoms with E-state index in [1.807, 2.05) is 30.5 Å². The van der Waals surface area contributed by atoms with Gasteiger partial charge in [-0.3, -0.25) is 4.99 Å². The second-order valence-corrected chi connectivity index (χ2v) is 4.16. The Kier molecular flexibility index (Phi) is 1.49. The standard InChI is InChI=1S/C12H12N2O/c1-12-7-14-6-5-10(12)15-9-4-2-3-8(13)11(9)12/h2-7,10H,13H2,1H3. The average Bonchev–Trinajstić information content (AvgIpc) is 2.51. The maximum absolute atomic E-state index is 6.00. The van der Waals surface area contributed by atoms with Crippen LogP contribution in [-0.4, -0.2) is 12.3 Å². The van der Waals surface area contributed by atoms with Crippen LogP contribution in [0.4, 0.5) is 5.69 Å². The van der Waals surface area contributed by atoms with Gasteiger partial charge in [0.15, 0.2) is 0 Å². The maximum Gasteiger partial charge on any atom is 0.133 e. The number of nitrogens with zero attached hydrogens (tertiary/aromatic N) is 1. The Balaban J connectivity index is 2.25. The predicted octanol–water partition coefficient (Wildman–Crippen LogP) is 1.89. The molecule has 1 aromatic carbocycles. The number of hydrogen-bond donors (Lipinski definition) is 1. The molecule has 0 spiro atoms. The number of aliphatic imine (C=N–C) groups is 1. The van der Waals surface area contributed by atoms with Crippen molar-refractivity contribution in [3.05, 3.63) is 36.0 Å². The van der Waals surface area contributed by atoms with E-state index in [2.05, 4.69) is 11.9 Å². The minimum Gasteiger partial charge on any atom is -0.485 e. The van der Waals surface area contributed by atoms with Gasteiger partial charge >= 0.3 is 0 Å². The van der Waals surface area contributed by atoms with Crippen LogP contribution in [0.1, 0.15) is 12.5 Å². The van der Waals surface area contributed by atoms with E-state index >= 15 is 0 Å². The fourth-order valence-corrected chi connectivity index (χ4v) is 2.33. The first-order valence-corrected chi connectivity index (χ1v) is 4.98. The van der Waals surface area contributed by atoms with E-state index in [1.54, 1.807) is 6.20 Å². The van der Waals surface area contributed by atoms with Crippen LogP contribution < -0.4 is 10.5 Å². The monoisotopic (exact) mass is 200 g/mol. The van der Waals surface area contributed by atoms with Crippen molar-refractivity contribution in [2.75, 3.05) is 5.73 Å². The molecule has 0 fully saturated rings. The molecule has 2 unspecified atom stereocenters. The molecule has 15 heavy (non-hydrogen) atoms. The molecule has 2 aliphatic heterocycles. The topological polar surface area (TPSA) is 47.6 Å². The molecule has 3 rings (SSSR count). The maximum atomic E-state index is 6.00. The van der Waals surface area contributed by atoms with Crippen LogP contribution in [0, 0.1) is 0 Å². The molecule has 2 N–H and O–H groups in total. The van der Waals surface area contributed by atoms with Gasteiger partial charge in [-0.2, -0.15) is 0 Å². The molecule has 0 saturated carbocycles. The second-order valence-electron chi connectivity index (χ2n) is 4.16. The van der Waals surface area contributed by atoms with Crippen LogP contribution in [-0.2, 0) is 5.41 Å². The predicted molar refractivity (Wildman–Crippen MR) is 60.3 cm³/mol. The number of rotatable bonds is 0. The molecule has 0 aromatic heterocycles. The summed E-state index contributed by atoms with van der Waals surface area (Å²) in [5, 5.41) is 0. The summed E-state index contributed by atoms with van der Waals surface area (Å²) >= 11 is 0. The Hall–Kier alpha value is -1.77.